The smallest absolute Gasteiger partial charge is 0.158 e. The van der Waals surface area contributed by atoms with Crippen LogP contribution >= 0.6 is 0 Å². The Labute approximate surface area is 110 Å². The quantitative estimate of drug-likeness (QED) is 0.758. The van der Waals surface area contributed by atoms with Crippen LogP contribution in [0.1, 0.15) is 32.1 Å². The predicted molar refractivity (Wildman–Crippen MR) is 70.6 cm³/mol. The molecule has 3 heterocycles. The van der Waals surface area contributed by atoms with E-state index < -0.39 is 0 Å². The van der Waals surface area contributed by atoms with Gasteiger partial charge in [0, 0.05) is 31.6 Å². The second-order valence-corrected chi connectivity index (χ2v) is 5.95. The lowest BCUT2D eigenvalue weighted by molar-refractivity contribution is -0.182. The van der Waals surface area contributed by atoms with Gasteiger partial charge >= 0.3 is 0 Å². The number of fused-ring (bicyclic) bond motifs is 2. The van der Waals surface area contributed by atoms with E-state index in [9.17, 15) is 0 Å². The number of likely N-dealkylation sites (N-methyl/N-ethyl adjacent to an activating group) is 1. The van der Waals surface area contributed by atoms with E-state index in [4.69, 9.17) is 9.47 Å². The Morgan fingerprint density at radius 3 is 2.67 bits per heavy atom. The summed E-state index contributed by atoms with van der Waals surface area (Å²) >= 11 is 0. The largest absolute Gasteiger partial charge is 0.353 e. The minimum atomic E-state index is 0.0527. The van der Waals surface area contributed by atoms with E-state index in [0.717, 1.165) is 44.7 Å². The molecule has 3 fully saturated rings. The van der Waals surface area contributed by atoms with Gasteiger partial charge in [-0.3, -0.25) is 4.90 Å². The fraction of sp³-hybridized carbons (Fsp3) is 1.00. The summed E-state index contributed by atoms with van der Waals surface area (Å²) in [5, 5.41) is 0. The van der Waals surface area contributed by atoms with Crippen LogP contribution < -0.4 is 0 Å². The van der Waals surface area contributed by atoms with Crippen molar-refractivity contribution in [3.8, 4) is 0 Å². The minimum Gasteiger partial charge on any atom is -0.353 e. The Hall–Kier alpha value is -0.160. The number of ether oxygens (including phenoxy) is 2. The van der Waals surface area contributed by atoms with E-state index in [1.54, 1.807) is 0 Å². The van der Waals surface area contributed by atoms with Crippen molar-refractivity contribution >= 4 is 0 Å². The van der Waals surface area contributed by atoms with Crippen LogP contribution in [0.4, 0.5) is 0 Å². The summed E-state index contributed by atoms with van der Waals surface area (Å²) in [7, 11) is 2.30. The lowest BCUT2D eigenvalue weighted by atomic mass is 10.1. The molecule has 2 atom stereocenters. The van der Waals surface area contributed by atoms with Gasteiger partial charge in [-0.25, -0.2) is 0 Å². The van der Waals surface area contributed by atoms with Crippen LogP contribution in [0.25, 0.3) is 0 Å². The third-order valence-electron chi connectivity index (χ3n) is 4.81. The maximum absolute atomic E-state index is 5.62. The molecule has 2 bridgehead atoms. The molecule has 0 spiro atoms. The Kier molecular flexibility index (Phi) is 4.19. The van der Waals surface area contributed by atoms with Crippen molar-refractivity contribution in [2.45, 2.75) is 50.5 Å². The fourth-order valence-electron chi connectivity index (χ4n) is 3.57. The van der Waals surface area contributed by atoms with Crippen LogP contribution in [0.5, 0.6) is 0 Å². The normalized spacial score (nSPS) is 35.8. The Bertz CT molecular complexity index is 269. The summed E-state index contributed by atoms with van der Waals surface area (Å²) in [4.78, 5) is 5.22. The molecule has 3 rings (SSSR count). The molecule has 0 radical (unpaired) electrons. The Morgan fingerprint density at radius 2 is 1.83 bits per heavy atom. The summed E-state index contributed by atoms with van der Waals surface area (Å²) in [5.41, 5.74) is 0. The molecule has 3 aliphatic heterocycles. The molecule has 0 aliphatic carbocycles. The Morgan fingerprint density at radius 1 is 1.06 bits per heavy atom. The zero-order valence-electron chi connectivity index (χ0n) is 11.5. The Balaban J connectivity index is 1.45. The van der Waals surface area contributed by atoms with Gasteiger partial charge in [-0.15, -0.1) is 0 Å². The fourth-order valence-corrected chi connectivity index (χ4v) is 3.57. The van der Waals surface area contributed by atoms with Gasteiger partial charge in [0.05, 0.1) is 13.2 Å². The van der Waals surface area contributed by atoms with Crippen LogP contribution in [0.2, 0.25) is 0 Å². The molecule has 0 amide bonds. The van der Waals surface area contributed by atoms with Crippen LogP contribution in [0.15, 0.2) is 0 Å². The molecule has 3 saturated heterocycles. The molecule has 0 aromatic rings. The zero-order chi connectivity index (χ0) is 12.4. The van der Waals surface area contributed by atoms with E-state index >= 15 is 0 Å². The first-order chi connectivity index (χ1) is 8.83. The van der Waals surface area contributed by atoms with Crippen LogP contribution in [-0.4, -0.2) is 68.1 Å². The van der Waals surface area contributed by atoms with E-state index in [0.29, 0.717) is 0 Å². The molecule has 0 saturated carbocycles. The average Bonchev–Trinajstić information content (AvgIpc) is 2.64. The molecule has 4 heteroatoms. The number of nitrogens with zero attached hydrogens (tertiary/aromatic N) is 2. The van der Waals surface area contributed by atoms with E-state index in [2.05, 4.69) is 16.8 Å². The predicted octanol–water partition coefficient (Wildman–Crippen LogP) is 1.31. The van der Waals surface area contributed by atoms with Crippen molar-refractivity contribution in [3.63, 3.8) is 0 Å². The first-order valence-corrected chi connectivity index (χ1v) is 7.50. The van der Waals surface area contributed by atoms with Crippen molar-refractivity contribution in [2.75, 3.05) is 39.9 Å². The van der Waals surface area contributed by atoms with Crippen LogP contribution in [-0.2, 0) is 9.47 Å². The van der Waals surface area contributed by atoms with Crippen molar-refractivity contribution in [2.24, 2.45) is 0 Å². The van der Waals surface area contributed by atoms with Crippen molar-refractivity contribution < 1.29 is 9.47 Å². The summed E-state index contributed by atoms with van der Waals surface area (Å²) in [6.07, 6.45) is 6.25. The molecule has 0 aromatic carbocycles. The lowest BCUT2D eigenvalue weighted by Crippen LogP contribution is -2.38. The number of rotatable bonds is 3. The van der Waals surface area contributed by atoms with Gasteiger partial charge in [0.2, 0.25) is 0 Å². The standard InChI is InChI=1S/C14H26N2O2/c1-15-12-3-4-13(15)11-16(7-5-12)8-6-14-17-9-2-10-18-14/h12-14H,2-11H2,1H3. The second-order valence-electron chi connectivity index (χ2n) is 5.95. The van der Waals surface area contributed by atoms with Gasteiger partial charge in [0.15, 0.2) is 6.29 Å². The van der Waals surface area contributed by atoms with Crippen LogP contribution in [0, 0.1) is 0 Å². The molecular formula is C14H26N2O2. The maximum Gasteiger partial charge on any atom is 0.158 e. The highest BCUT2D eigenvalue weighted by atomic mass is 16.7. The molecule has 0 aromatic heterocycles. The molecule has 18 heavy (non-hydrogen) atoms. The first kappa shape index (κ1) is 12.9. The van der Waals surface area contributed by atoms with Gasteiger partial charge in [0.1, 0.15) is 0 Å². The highest BCUT2D eigenvalue weighted by Gasteiger charge is 2.34. The second kappa shape index (κ2) is 5.87. The first-order valence-electron chi connectivity index (χ1n) is 7.50. The van der Waals surface area contributed by atoms with Crippen molar-refractivity contribution in [3.05, 3.63) is 0 Å². The molecule has 104 valence electrons. The lowest BCUT2D eigenvalue weighted by Gasteiger charge is -2.28. The highest BCUT2D eigenvalue weighted by Crippen LogP contribution is 2.28. The highest BCUT2D eigenvalue weighted by molar-refractivity contribution is 4.90. The molecule has 2 unspecified atom stereocenters. The molecule has 0 N–H and O–H groups in total. The van der Waals surface area contributed by atoms with Gasteiger partial charge in [-0.2, -0.15) is 0 Å². The number of hydrogen-bond donors (Lipinski definition) is 0. The molecule has 4 nitrogen and oxygen atoms in total. The van der Waals surface area contributed by atoms with Gasteiger partial charge in [-0.1, -0.05) is 0 Å². The molecular weight excluding hydrogens is 228 g/mol. The summed E-state index contributed by atoms with van der Waals surface area (Å²) in [6.45, 7) is 5.36. The van der Waals surface area contributed by atoms with Crippen molar-refractivity contribution in [1.82, 2.24) is 9.80 Å². The van der Waals surface area contributed by atoms with E-state index in [1.165, 1.54) is 32.4 Å². The van der Waals surface area contributed by atoms with Gasteiger partial charge in [-0.05, 0) is 39.3 Å². The topological polar surface area (TPSA) is 24.9 Å². The van der Waals surface area contributed by atoms with Gasteiger partial charge < -0.3 is 14.4 Å². The summed E-state index contributed by atoms with van der Waals surface area (Å²) in [5.74, 6) is 0. The summed E-state index contributed by atoms with van der Waals surface area (Å²) in [6, 6.07) is 1.62. The monoisotopic (exact) mass is 254 g/mol. The van der Waals surface area contributed by atoms with Crippen LogP contribution in [0.3, 0.4) is 0 Å². The summed E-state index contributed by atoms with van der Waals surface area (Å²) < 4.78 is 11.2. The van der Waals surface area contributed by atoms with Gasteiger partial charge in [0.25, 0.3) is 0 Å². The third kappa shape index (κ3) is 2.87. The van der Waals surface area contributed by atoms with Crippen molar-refractivity contribution in [1.29, 1.82) is 0 Å². The van der Waals surface area contributed by atoms with E-state index in [1.807, 2.05) is 0 Å². The molecule has 3 aliphatic rings. The SMILES string of the molecule is CN1C2CCC1CN(CCC1OCCCO1)CC2. The number of hydrogen-bond acceptors (Lipinski definition) is 4. The number of likely N-dealkylation sites (tertiary alicyclic amines) is 1. The average molecular weight is 254 g/mol. The minimum absolute atomic E-state index is 0.0527. The third-order valence-corrected chi connectivity index (χ3v) is 4.81. The van der Waals surface area contributed by atoms with E-state index in [-0.39, 0.29) is 6.29 Å². The maximum atomic E-state index is 5.62. The zero-order valence-corrected chi connectivity index (χ0v) is 11.5.